The van der Waals surface area contributed by atoms with Gasteiger partial charge in [0.2, 0.25) is 0 Å². The van der Waals surface area contributed by atoms with Gasteiger partial charge in [-0.1, -0.05) is 169 Å². The Morgan fingerprint density at radius 3 is 1.32 bits per heavy atom. The van der Waals surface area contributed by atoms with Crippen LogP contribution in [0, 0.1) is 11.8 Å². The van der Waals surface area contributed by atoms with Gasteiger partial charge in [0, 0.05) is 33.2 Å². The zero-order valence-electron chi connectivity index (χ0n) is 38.6. The van der Waals surface area contributed by atoms with Gasteiger partial charge in [0.25, 0.3) is 0 Å². The lowest BCUT2D eigenvalue weighted by Crippen LogP contribution is -2.41. The molecule has 0 spiro atoms. The molecule has 0 N–H and O–H groups in total. The number of hydrogen-bond acceptors (Lipinski definition) is 2. The van der Waals surface area contributed by atoms with Gasteiger partial charge < -0.3 is 8.85 Å². The molecule has 0 aliphatic carbocycles. The maximum atomic E-state index is 6.20. The summed E-state index contributed by atoms with van der Waals surface area (Å²) in [6, 6.07) is 0. The smallest absolute Gasteiger partial charge is 0.192 e. The van der Waals surface area contributed by atoms with Crippen molar-refractivity contribution in [3.05, 3.63) is 119 Å². The summed E-state index contributed by atoms with van der Waals surface area (Å²) in [6.45, 7) is 41.6. The molecule has 0 aromatic rings. The van der Waals surface area contributed by atoms with Crippen LogP contribution in [-0.2, 0) is 8.85 Å². The predicted molar refractivity (Wildman–Crippen MR) is 282 cm³/mol. The molecule has 0 saturated carbocycles. The van der Waals surface area contributed by atoms with Gasteiger partial charge in [-0.25, -0.2) is 0 Å². The number of unbranched alkanes of at least 4 members (excludes halogenated alkanes) is 12. The highest BCUT2D eigenvalue weighted by molar-refractivity contribution is 6.74. The largest absolute Gasteiger partial charge is 0.416 e. The molecular weight excluding hydrogens is 713 g/mol. The van der Waals surface area contributed by atoms with Crippen LogP contribution < -0.4 is 0 Å². The highest BCUT2D eigenvalue weighted by Gasteiger charge is 2.37. The molecule has 0 rings (SSSR count). The average Bonchev–Trinajstić information content (AvgIpc) is 3.13. The van der Waals surface area contributed by atoms with E-state index in [-0.39, 0.29) is 25.0 Å². The van der Waals surface area contributed by atoms with E-state index >= 15 is 0 Å². The first-order chi connectivity index (χ1) is 26.3. The summed E-state index contributed by atoms with van der Waals surface area (Å²) in [5, 5.41) is 0.546. The van der Waals surface area contributed by atoms with Crippen molar-refractivity contribution in [3.8, 4) is 0 Å². The van der Waals surface area contributed by atoms with E-state index in [1.807, 2.05) is 18.2 Å². The van der Waals surface area contributed by atoms with Crippen molar-refractivity contribution < 1.29 is 28.8 Å². The summed E-state index contributed by atoms with van der Waals surface area (Å²) in [5.41, 5.74) is 30.9. The molecule has 0 heterocycles. The lowest BCUT2D eigenvalue weighted by molar-refractivity contribution is 0.259. The molecule has 0 aromatic heterocycles. The van der Waals surface area contributed by atoms with Crippen LogP contribution in [0.25, 0.3) is 0 Å². The zero-order chi connectivity index (χ0) is 43.2. The molecule has 0 radical (unpaired) electrons. The van der Waals surface area contributed by atoms with E-state index in [4.69, 9.17) is 8.85 Å². The lowest BCUT2D eigenvalue weighted by Gasteiger charge is -2.36. The molecule has 0 aliphatic rings. The Bertz CT molecular complexity index is 1620. The van der Waals surface area contributed by atoms with Gasteiger partial charge in [-0.3, -0.25) is 0 Å². The third kappa shape index (κ3) is 37.6. The normalized spacial score (nSPS) is 11.7. The quantitative estimate of drug-likeness (QED) is 0.0356. The van der Waals surface area contributed by atoms with E-state index in [2.05, 4.69) is 183 Å². The van der Waals surface area contributed by atoms with Crippen molar-refractivity contribution in [1.29, 1.82) is 0 Å². The second-order valence-corrected chi connectivity index (χ2v) is 27.0. The maximum absolute atomic E-state index is 6.20. The highest BCUT2D eigenvalue weighted by atomic mass is 28.4. The molecule has 0 amide bonds. The third-order valence-electron chi connectivity index (χ3n) is 10.0. The van der Waals surface area contributed by atoms with E-state index in [0.717, 1.165) is 13.2 Å². The SMILES string of the molecule is C=C=C=C=C=C=C=C=C=C=C=C=C=C/C=C\C(C)CO[Si](C)(C)C(C)(C)C.C=CC(C)CO[Si](C)(C)C(C)(C)C.C=CCCCCCCCCCCCCCC.[HH].[HH].[HH].[HH].[HH].[HH].[HH].[HH].[HH].[HH].[HH].[HH].[HH].[HH]. The molecule has 2 nitrogen and oxygen atoms in total. The Labute approximate surface area is 370 Å². The Hall–Kier alpha value is -3.33. The van der Waals surface area contributed by atoms with Gasteiger partial charge in [-0.15, -0.1) is 13.2 Å². The number of rotatable bonds is 22. The summed E-state index contributed by atoms with van der Waals surface area (Å²) < 4.78 is 12.2. The first-order valence-corrected chi connectivity index (χ1v) is 26.9. The fourth-order valence-electron chi connectivity index (χ4n) is 4.03. The molecule has 0 aromatic carbocycles. The van der Waals surface area contributed by atoms with Crippen LogP contribution in [0.1, 0.15) is 166 Å². The average molecular weight is 824 g/mol. The van der Waals surface area contributed by atoms with Gasteiger partial charge in [0.1, 0.15) is 0 Å². The summed E-state index contributed by atoms with van der Waals surface area (Å²) >= 11 is 0. The minimum Gasteiger partial charge on any atom is -0.416 e. The first-order valence-electron chi connectivity index (χ1n) is 21.1. The van der Waals surface area contributed by atoms with E-state index in [1.54, 1.807) is 6.08 Å². The van der Waals surface area contributed by atoms with Crippen molar-refractivity contribution in [2.75, 3.05) is 13.2 Å². The minimum absolute atomic E-state index is 0. The Morgan fingerprint density at radius 2 is 0.946 bits per heavy atom. The summed E-state index contributed by atoms with van der Waals surface area (Å²) in [7, 11) is -3.22. The summed E-state index contributed by atoms with van der Waals surface area (Å²) in [4.78, 5) is 0. The van der Waals surface area contributed by atoms with Crippen molar-refractivity contribution in [2.24, 2.45) is 11.8 Å². The van der Waals surface area contributed by atoms with Gasteiger partial charge in [0.15, 0.2) is 16.6 Å². The third-order valence-corrected chi connectivity index (χ3v) is 19.0. The Morgan fingerprint density at radius 1 is 0.571 bits per heavy atom. The highest BCUT2D eigenvalue weighted by Crippen LogP contribution is 2.37. The Balaban J connectivity index is -0.0000000386. The van der Waals surface area contributed by atoms with Gasteiger partial charge in [0.05, 0.1) is 0 Å². The molecule has 338 valence electrons. The van der Waals surface area contributed by atoms with E-state index in [1.165, 1.54) is 83.5 Å². The van der Waals surface area contributed by atoms with E-state index in [9.17, 15) is 0 Å². The van der Waals surface area contributed by atoms with Gasteiger partial charge in [-0.05, 0) is 131 Å². The molecule has 56 heavy (non-hydrogen) atoms. The van der Waals surface area contributed by atoms with Crippen LogP contribution in [0.4, 0.5) is 0 Å². The fourth-order valence-corrected chi connectivity index (χ4v) is 6.26. The summed E-state index contributed by atoms with van der Waals surface area (Å²) in [5.74, 6) is 0.810. The Kier molecular flexibility index (Phi) is 36.7. The van der Waals surface area contributed by atoms with Gasteiger partial charge in [-0.2, -0.15) is 0 Å². The second kappa shape index (κ2) is 36.0. The van der Waals surface area contributed by atoms with Crippen LogP contribution in [0.5, 0.6) is 0 Å². The molecule has 0 bridgehead atoms. The molecule has 2 unspecified atom stereocenters. The van der Waals surface area contributed by atoms with Crippen LogP contribution in [0.3, 0.4) is 0 Å². The fraction of sp³-hybridized carbons (Fsp3) is 0.615. The summed E-state index contributed by atoms with van der Waals surface area (Å²) in [6.07, 6.45) is 28.2. The molecule has 2 atom stereocenters. The van der Waals surface area contributed by atoms with Crippen LogP contribution in [0.15, 0.2) is 119 Å². The molecule has 4 heteroatoms. The van der Waals surface area contributed by atoms with Crippen LogP contribution >= 0.6 is 0 Å². The first kappa shape index (κ1) is 57.0. The van der Waals surface area contributed by atoms with Crippen molar-refractivity contribution in [1.82, 2.24) is 0 Å². The molecular formula is C52H110O2Si2. The van der Waals surface area contributed by atoms with Gasteiger partial charge >= 0.3 is 0 Å². The van der Waals surface area contributed by atoms with Crippen molar-refractivity contribution in [3.63, 3.8) is 0 Å². The standard InChI is InChI=1S/C25H26OSi.C16H32.C11H24OSi.14H2/c1-8-9-10-11-12-13-14-15-16-17-18-19-20-21-22-24(2)23-26-27(6,7)25(3,4)5;1-3-5-7-9-11-13-15-16-14-12-10-8-6-4-2;1-8-10(2)9-12-13(6,7)11(3,4)5;;;;;;;;;;;;;;/h20-22,24H,1,23H2,2-7H3;3H,1,4-16H2,2H3;8,10H,1,9H2,2-7H3;14*1H/b22-21-;;;;;;;;;;;;;;;;. The number of allylic oxidation sites excluding steroid dienone is 3. The van der Waals surface area contributed by atoms with Crippen molar-refractivity contribution >= 4 is 16.6 Å². The van der Waals surface area contributed by atoms with E-state index < -0.39 is 16.6 Å². The molecule has 0 saturated heterocycles. The van der Waals surface area contributed by atoms with Crippen molar-refractivity contribution in [2.45, 2.75) is 182 Å². The monoisotopic (exact) mass is 823 g/mol. The maximum Gasteiger partial charge on any atom is 0.192 e. The van der Waals surface area contributed by atoms with E-state index in [0.29, 0.717) is 16.9 Å². The lowest BCUT2D eigenvalue weighted by atomic mass is 10.0. The topological polar surface area (TPSA) is 18.5 Å². The molecule has 0 fully saturated rings. The molecule has 0 aliphatic heterocycles. The predicted octanol–water partition coefficient (Wildman–Crippen LogP) is 19.8. The second-order valence-electron chi connectivity index (χ2n) is 17.4. The van der Waals surface area contributed by atoms with Crippen LogP contribution in [-0.4, -0.2) is 29.8 Å². The van der Waals surface area contributed by atoms with Crippen LogP contribution in [0.2, 0.25) is 36.3 Å². The number of hydrogen-bond donors (Lipinski definition) is 0. The zero-order valence-corrected chi connectivity index (χ0v) is 40.6. The minimum atomic E-state index is -1.68.